The van der Waals surface area contributed by atoms with E-state index in [1.165, 1.54) is 19.3 Å². The minimum atomic E-state index is -0.466. The van der Waals surface area contributed by atoms with Crippen molar-refractivity contribution in [2.24, 2.45) is 23.0 Å². The molecule has 3 N–H and O–H groups in total. The predicted octanol–water partition coefficient (Wildman–Crippen LogP) is 2.30. The van der Waals surface area contributed by atoms with Gasteiger partial charge in [-0.05, 0) is 37.5 Å². The molecule has 0 aromatic rings. The molecule has 2 nitrogen and oxygen atoms in total. The molecule has 0 spiro atoms. The third-order valence-corrected chi connectivity index (χ3v) is 5.17. The van der Waals surface area contributed by atoms with E-state index in [4.69, 9.17) is 5.73 Å². The summed E-state index contributed by atoms with van der Waals surface area (Å²) in [6, 6.07) is 0. The van der Waals surface area contributed by atoms with Crippen LogP contribution < -0.4 is 5.73 Å². The van der Waals surface area contributed by atoms with Gasteiger partial charge in [0.1, 0.15) is 0 Å². The number of rotatable bonds is 2. The maximum atomic E-state index is 10.9. The Morgan fingerprint density at radius 3 is 2.40 bits per heavy atom. The smallest absolute Gasteiger partial charge is 0.0741 e. The van der Waals surface area contributed by atoms with Crippen molar-refractivity contribution in [3.8, 4) is 0 Å². The molecule has 0 heterocycles. The second-order valence-electron chi connectivity index (χ2n) is 6.05. The van der Waals surface area contributed by atoms with Crippen molar-refractivity contribution in [1.82, 2.24) is 0 Å². The highest BCUT2D eigenvalue weighted by Crippen LogP contribution is 2.56. The molecule has 2 aliphatic carbocycles. The normalized spacial score (nSPS) is 51.2. The van der Waals surface area contributed by atoms with Gasteiger partial charge in [0.05, 0.1) is 5.60 Å². The van der Waals surface area contributed by atoms with E-state index in [-0.39, 0.29) is 5.41 Å². The zero-order chi connectivity index (χ0) is 11.1. The van der Waals surface area contributed by atoms with Crippen LogP contribution in [-0.2, 0) is 0 Å². The second-order valence-corrected chi connectivity index (χ2v) is 6.05. The summed E-state index contributed by atoms with van der Waals surface area (Å²) in [4.78, 5) is 0. The van der Waals surface area contributed by atoms with E-state index in [1.54, 1.807) is 0 Å². The van der Waals surface area contributed by atoms with Gasteiger partial charge in [0, 0.05) is 12.0 Å². The van der Waals surface area contributed by atoms with Crippen LogP contribution in [0.2, 0.25) is 0 Å². The standard InChI is InChI=1S/C13H25NO/c1-10-5-7-12(8-10,9-14)13(15)6-3-4-11(13)2/h10-11,15H,3-9,14H2,1-2H3. The molecule has 0 saturated heterocycles. The summed E-state index contributed by atoms with van der Waals surface area (Å²) in [5.41, 5.74) is 5.56. The summed E-state index contributed by atoms with van der Waals surface area (Å²) < 4.78 is 0. The molecular weight excluding hydrogens is 186 g/mol. The molecule has 0 aromatic heterocycles. The molecule has 2 heteroatoms. The summed E-state index contributed by atoms with van der Waals surface area (Å²) in [5, 5.41) is 10.9. The van der Waals surface area contributed by atoms with Crippen LogP contribution in [0.5, 0.6) is 0 Å². The van der Waals surface area contributed by atoms with E-state index in [0.717, 1.165) is 25.2 Å². The van der Waals surface area contributed by atoms with Crippen LogP contribution in [0.15, 0.2) is 0 Å². The third kappa shape index (κ3) is 1.53. The Morgan fingerprint density at radius 1 is 1.27 bits per heavy atom. The van der Waals surface area contributed by atoms with Crippen LogP contribution in [0.3, 0.4) is 0 Å². The first kappa shape index (κ1) is 11.4. The number of aliphatic hydroxyl groups is 1. The van der Waals surface area contributed by atoms with Gasteiger partial charge in [-0.15, -0.1) is 0 Å². The topological polar surface area (TPSA) is 46.2 Å². The Morgan fingerprint density at radius 2 is 2.00 bits per heavy atom. The van der Waals surface area contributed by atoms with E-state index >= 15 is 0 Å². The Hall–Kier alpha value is -0.0800. The summed E-state index contributed by atoms with van der Waals surface area (Å²) in [6.07, 6.45) is 6.82. The summed E-state index contributed by atoms with van der Waals surface area (Å²) in [5.74, 6) is 1.18. The molecule has 2 aliphatic rings. The minimum absolute atomic E-state index is 0.0301. The van der Waals surface area contributed by atoms with Crippen LogP contribution in [0, 0.1) is 17.3 Å². The molecule has 88 valence electrons. The Bertz CT molecular complexity index is 243. The lowest BCUT2D eigenvalue weighted by Gasteiger charge is -2.45. The molecule has 4 unspecified atom stereocenters. The van der Waals surface area contributed by atoms with E-state index in [9.17, 15) is 5.11 Å². The first-order chi connectivity index (χ1) is 7.04. The fourth-order valence-electron chi connectivity index (χ4n) is 4.10. The highest BCUT2D eigenvalue weighted by atomic mass is 16.3. The zero-order valence-electron chi connectivity index (χ0n) is 10.1. The predicted molar refractivity (Wildman–Crippen MR) is 62.5 cm³/mol. The molecule has 15 heavy (non-hydrogen) atoms. The van der Waals surface area contributed by atoms with Crippen molar-refractivity contribution >= 4 is 0 Å². The molecular formula is C13H25NO. The fourth-order valence-corrected chi connectivity index (χ4v) is 4.10. The largest absolute Gasteiger partial charge is 0.389 e. The first-order valence-electron chi connectivity index (χ1n) is 6.46. The van der Waals surface area contributed by atoms with Gasteiger partial charge >= 0.3 is 0 Å². The van der Waals surface area contributed by atoms with Crippen LogP contribution in [-0.4, -0.2) is 17.3 Å². The van der Waals surface area contributed by atoms with Crippen LogP contribution in [0.1, 0.15) is 52.4 Å². The average molecular weight is 211 g/mol. The number of hydrogen-bond acceptors (Lipinski definition) is 2. The molecule has 0 radical (unpaired) electrons. The first-order valence-corrected chi connectivity index (χ1v) is 6.46. The lowest BCUT2D eigenvalue weighted by Crippen LogP contribution is -2.53. The zero-order valence-corrected chi connectivity index (χ0v) is 10.1. The molecule has 0 aromatic carbocycles. The highest BCUT2D eigenvalue weighted by Gasteiger charge is 2.56. The summed E-state index contributed by atoms with van der Waals surface area (Å²) in [6.45, 7) is 5.16. The lowest BCUT2D eigenvalue weighted by molar-refractivity contribution is -0.103. The lowest BCUT2D eigenvalue weighted by atomic mass is 9.65. The quantitative estimate of drug-likeness (QED) is 0.736. The van der Waals surface area contributed by atoms with Crippen molar-refractivity contribution < 1.29 is 5.11 Å². The fraction of sp³-hybridized carbons (Fsp3) is 1.00. The minimum Gasteiger partial charge on any atom is -0.389 e. The van der Waals surface area contributed by atoms with Gasteiger partial charge in [0.2, 0.25) is 0 Å². The SMILES string of the molecule is CC1CCC(CN)(C2(O)CCCC2C)C1. The van der Waals surface area contributed by atoms with Crippen molar-refractivity contribution in [2.75, 3.05) is 6.54 Å². The maximum Gasteiger partial charge on any atom is 0.0741 e. The van der Waals surface area contributed by atoms with Crippen molar-refractivity contribution in [3.05, 3.63) is 0 Å². The van der Waals surface area contributed by atoms with Gasteiger partial charge in [0.25, 0.3) is 0 Å². The summed E-state index contributed by atoms with van der Waals surface area (Å²) >= 11 is 0. The molecule has 0 aliphatic heterocycles. The van der Waals surface area contributed by atoms with Gasteiger partial charge in [-0.3, -0.25) is 0 Å². The summed E-state index contributed by atoms with van der Waals surface area (Å²) in [7, 11) is 0. The van der Waals surface area contributed by atoms with Crippen molar-refractivity contribution in [2.45, 2.75) is 58.0 Å². The molecule has 2 fully saturated rings. The Balaban J connectivity index is 2.25. The van der Waals surface area contributed by atoms with E-state index in [1.807, 2.05) is 0 Å². The van der Waals surface area contributed by atoms with Gasteiger partial charge in [0.15, 0.2) is 0 Å². The highest BCUT2D eigenvalue weighted by molar-refractivity contribution is 5.08. The maximum absolute atomic E-state index is 10.9. The molecule has 2 rings (SSSR count). The van der Waals surface area contributed by atoms with Gasteiger partial charge in [-0.2, -0.15) is 0 Å². The number of hydrogen-bond donors (Lipinski definition) is 2. The molecule has 0 amide bonds. The van der Waals surface area contributed by atoms with Gasteiger partial charge in [-0.1, -0.05) is 26.7 Å². The third-order valence-electron chi connectivity index (χ3n) is 5.17. The van der Waals surface area contributed by atoms with E-state index in [2.05, 4.69) is 13.8 Å². The Kier molecular flexibility index (Phi) is 2.85. The van der Waals surface area contributed by atoms with Gasteiger partial charge < -0.3 is 10.8 Å². The number of nitrogens with two attached hydrogens (primary N) is 1. The van der Waals surface area contributed by atoms with Crippen molar-refractivity contribution in [1.29, 1.82) is 0 Å². The average Bonchev–Trinajstić information content (AvgIpc) is 2.74. The van der Waals surface area contributed by atoms with Crippen LogP contribution in [0.25, 0.3) is 0 Å². The van der Waals surface area contributed by atoms with Crippen LogP contribution >= 0.6 is 0 Å². The second kappa shape index (κ2) is 3.74. The van der Waals surface area contributed by atoms with Crippen LogP contribution in [0.4, 0.5) is 0 Å². The molecule has 4 atom stereocenters. The monoisotopic (exact) mass is 211 g/mol. The Labute approximate surface area is 93.2 Å². The molecule has 0 bridgehead atoms. The van der Waals surface area contributed by atoms with Crippen molar-refractivity contribution in [3.63, 3.8) is 0 Å². The van der Waals surface area contributed by atoms with E-state index in [0.29, 0.717) is 12.5 Å². The molecule has 2 saturated carbocycles. The van der Waals surface area contributed by atoms with Gasteiger partial charge in [-0.25, -0.2) is 0 Å². The van der Waals surface area contributed by atoms with E-state index < -0.39 is 5.60 Å².